The van der Waals surface area contributed by atoms with E-state index in [9.17, 15) is 4.79 Å². The van der Waals surface area contributed by atoms with Crippen molar-refractivity contribution in [1.82, 2.24) is 4.98 Å². The first-order chi connectivity index (χ1) is 8.49. The van der Waals surface area contributed by atoms with E-state index in [0.29, 0.717) is 31.9 Å². The van der Waals surface area contributed by atoms with Gasteiger partial charge in [-0.2, -0.15) is 0 Å². The number of pyridine rings is 1. The highest BCUT2D eigenvalue weighted by atomic mass is 16.5. The Balaban J connectivity index is 2.10. The normalized spacial score (nSPS) is 18.4. The van der Waals surface area contributed by atoms with Gasteiger partial charge in [-0.15, -0.1) is 0 Å². The van der Waals surface area contributed by atoms with Gasteiger partial charge in [-0.25, -0.2) is 4.98 Å². The van der Waals surface area contributed by atoms with E-state index >= 15 is 0 Å². The number of hydrogen-bond acceptors (Lipinski definition) is 4. The first-order valence-electron chi connectivity index (χ1n) is 6.13. The molecular weight excluding hydrogens is 230 g/mol. The number of anilines is 1. The van der Waals surface area contributed by atoms with Gasteiger partial charge in [-0.05, 0) is 44.4 Å². The van der Waals surface area contributed by atoms with Gasteiger partial charge in [0.25, 0.3) is 0 Å². The maximum Gasteiger partial charge on any atom is 0.245 e. The van der Waals surface area contributed by atoms with Crippen LogP contribution in [0.3, 0.4) is 0 Å². The molecule has 0 spiro atoms. The molecule has 0 saturated carbocycles. The minimum absolute atomic E-state index is 0.177. The van der Waals surface area contributed by atoms with Crippen molar-refractivity contribution < 1.29 is 9.53 Å². The number of hydrogen-bond donors (Lipinski definition) is 2. The van der Waals surface area contributed by atoms with Crippen molar-refractivity contribution in [1.29, 1.82) is 0 Å². The molecule has 1 amide bonds. The van der Waals surface area contributed by atoms with Crippen LogP contribution in [0.2, 0.25) is 0 Å². The van der Waals surface area contributed by atoms with Crippen molar-refractivity contribution in [2.75, 3.05) is 18.5 Å². The van der Waals surface area contributed by atoms with Crippen molar-refractivity contribution in [3.8, 4) is 0 Å². The highest BCUT2D eigenvalue weighted by Crippen LogP contribution is 2.20. The van der Waals surface area contributed by atoms with Gasteiger partial charge in [0.1, 0.15) is 11.4 Å². The van der Waals surface area contributed by atoms with E-state index in [2.05, 4.69) is 10.3 Å². The molecule has 0 atom stereocenters. The number of ether oxygens (including phenoxy) is 1. The number of rotatable bonds is 2. The summed E-state index contributed by atoms with van der Waals surface area (Å²) in [6.45, 7) is 4.93. The molecule has 2 rings (SSSR count). The maximum absolute atomic E-state index is 12.2. The van der Waals surface area contributed by atoms with Crippen LogP contribution in [0.4, 0.5) is 5.82 Å². The molecule has 1 aromatic rings. The lowest BCUT2D eigenvalue weighted by Gasteiger charge is -2.31. The third-order valence-corrected chi connectivity index (χ3v) is 3.18. The Kier molecular flexibility index (Phi) is 3.63. The summed E-state index contributed by atoms with van der Waals surface area (Å²) in [7, 11) is 0. The largest absolute Gasteiger partial charge is 0.381 e. The molecule has 0 aliphatic carbocycles. The summed E-state index contributed by atoms with van der Waals surface area (Å²) in [5.74, 6) is 0.386. The van der Waals surface area contributed by atoms with Crippen molar-refractivity contribution in [3.63, 3.8) is 0 Å². The number of nitrogens with zero attached hydrogens (tertiary/aromatic N) is 1. The SMILES string of the molecule is Cc1cc(C)nc(NC(=O)C2(N)CCOCC2)c1. The zero-order chi connectivity index (χ0) is 13.2. The van der Waals surface area contributed by atoms with E-state index in [1.54, 1.807) is 0 Å². The summed E-state index contributed by atoms with van der Waals surface area (Å²) in [5, 5.41) is 2.80. The fourth-order valence-corrected chi connectivity index (χ4v) is 2.11. The second-order valence-corrected chi connectivity index (χ2v) is 4.89. The number of nitrogens with one attached hydrogen (secondary N) is 1. The number of aromatic nitrogens is 1. The molecule has 5 heteroatoms. The first-order valence-corrected chi connectivity index (χ1v) is 6.13. The molecule has 0 unspecified atom stereocenters. The minimum Gasteiger partial charge on any atom is -0.381 e. The zero-order valence-corrected chi connectivity index (χ0v) is 10.8. The molecular formula is C13H19N3O2. The van der Waals surface area contributed by atoms with Gasteiger partial charge in [-0.3, -0.25) is 4.79 Å². The van der Waals surface area contributed by atoms with Gasteiger partial charge in [-0.1, -0.05) is 0 Å². The van der Waals surface area contributed by atoms with Crippen molar-refractivity contribution in [2.45, 2.75) is 32.2 Å². The van der Waals surface area contributed by atoms with Crippen LogP contribution >= 0.6 is 0 Å². The van der Waals surface area contributed by atoms with Crippen LogP contribution in [-0.2, 0) is 9.53 Å². The Morgan fingerprint density at radius 2 is 2.06 bits per heavy atom. The average molecular weight is 249 g/mol. The molecule has 1 aliphatic heterocycles. The van der Waals surface area contributed by atoms with Crippen molar-refractivity contribution >= 4 is 11.7 Å². The fourth-order valence-electron chi connectivity index (χ4n) is 2.11. The van der Waals surface area contributed by atoms with E-state index in [1.807, 2.05) is 26.0 Å². The van der Waals surface area contributed by atoms with Gasteiger partial charge in [0.05, 0.1) is 0 Å². The average Bonchev–Trinajstić information content (AvgIpc) is 2.28. The molecule has 1 aromatic heterocycles. The standard InChI is InChI=1S/C13H19N3O2/c1-9-7-10(2)15-11(8-9)16-12(17)13(14)3-5-18-6-4-13/h7-8H,3-6,14H2,1-2H3,(H,15,16,17). The summed E-state index contributed by atoms with van der Waals surface area (Å²) in [6.07, 6.45) is 1.09. The molecule has 1 aliphatic rings. The number of aryl methyl sites for hydroxylation is 2. The van der Waals surface area contributed by atoms with E-state index in [-0.39, 0.29) is 5.91 Å². The van der Waals surface area contributed by atoms with E-state index in [4.69, 9.17) is 10.5 Å². The number of carbonyl (C=O) groups excluding carboxylic acids is 1. The molecule has 1 saturated heterocycles. The molecule has 0 radical (unpaired) electrons. The Hall–Kier alpha value is -1.46. The van der Waals surface area contributed by atoms with Gasteiger partial charge in [0, 0.05) is 18.9 Å². The summed E-state index contributed by atoms with van der Waals surface area (Å²) in [5.41, 5.74) is 7.21. The molecule has 5 nitrogen and oxygen atoms in total. The second kappa shape index (κ2) is 5.04. The molecule has 18 heavy (non-hydrogen) atoms. The fraction of sp³-hybridized carbons (Fsp3) is 0.538. The molecule has 1 fully saturated rings. The van der Waals surface area contributed by atoms with E-state index in [1.165, 1.54) is 0 Å². The number of carbonyl (C=O) groups is 1. The molecule has 0 aromatic carbocycles. The molecule has 98 valence electrons. The molecule has 3 N–H and O–H groups in total. The smallest absolute Gasteiger partial charge is 0.245 e. The van der Waals surface area contributed by atoms with Gasteiger partial charge in [0.15, 0.2) is 0 Å². The summed E-state index contributed by atoms with van der Waals surface area (Å²) in [6, 6.07) is 3.80. The van der Waals surface area contributed by atoms with Crippen LogP contribution in [0.5, 0.6) is 0 Å². The highest BCUT2D eigenvalue weighted by Gasteiger charge is 2.36. The molecule has 0 bridgehead atoms. The van der Waals surface area contributed by atoms with E-state index in [0.717, 1.165) is 11.3 Å². The van der Waals surface area contributed by atoms with Gasteiger partial charge < -0.3 is 15.8 Å². The minimum atomic E-state index is -0.836. The monoisotopic (exact) mass is 249 g/mol. The van der Waals surface area contributed by atoms with Crippen LogP contribution < -0.4 is 11.1 Å². The Morgan fingerprint density at radius 1 is 1.39 bits per heavy atom. The van der Waals surface area contributed by atoms with Crippen LogP contribution in [0.25, 0.3) is 0 Å². The van der Waals surface area contributed by atoms with Crippen molar-refractivity contribution in [3.05, 3.63) is 23.4 Å². The Bertz CT molecular complexity index is 433. The van der Waals surface area contributed by atoms with Crippen molar-refractivity contribution in [2.24, 2.45) is 5.73 Å². The first kappa shape index (κ1) is 13.0. The van der Waals surface area contributed by atoms with E-state index < -0.39 is 5.54 Å². The van der Waals surface area contributed by atoms with Crippen LogP contribution in [0.1, 0.15) is 24.1 Å². The van der Waals surface area contributed by atoms with Crippen LogP contribution in [0.15, 0.2) is 12.1 Å². The zero-order valence-electron chi connectivity index (χ0n) is 10.8. The lowest BCUT2D eigenvalue weighted by molar-refractivity contribution is -0.124. The Morgan fingerprint density at radius 3 is 2.67 bits per heavy atom. The third-order valence-electron chi connectivity index (χ3n) is 3.18. The van der Waals surface area contributed by atoms with Gasteiger partial charge in [0.2, 0.25) is 5.91 Å². The summed E-state index contributed by atoms with van der Waals surface area (Å²) < 4.78 is 5.23. The maximum atomic E-state index is 12.2. The van der Waals surface area contributed by atoms with Crippen LogP contribution in [-0.4, -0.2) is 29.6 Å². The Labute approximate surface area is 107 Å². The highest BCUT2D eigenvalue weighted by molar-refractivity contribution is 5.97. The van der Waals surface area contributed by atoms with Crippen LogP contribution in [0, 0.1) is 13.8 Å². The predicted octanol–water partition coefficient (Wildman–Crippen LogP) is 1.14. The quantitative estimate of drug-likeness (QED) is 0.824. The lowest BCUT2D eigenvalue weighted by atomic mass is 9.90. The number of amides is 1. The third kappa shape index (κ3) is 2.86. The summed E-state index contributed by atoms with van der Waals surface area (Å²) in [4.78, 5) is 16.5. The van der Waals surface area contributed by atoms with Gasteiger partial charge >= 0.3 is 0 Å². The molecule has 2 heterocycles. The predicted molar refractivity (Wildman–Crippen MR) is 69.3 cm³/mol. The lowest BCUT2D eigenvalue weighted by Crippen LogP contribution is -2.54. The topological polar surface area (TPSA) is 77.2 Å². The second-order valence-electron chi connectivity index (χ2n) is 4.89. The number of nitrogens with two attached hydrogens (primary N) is 1. The summed E-state index contributed by atoms with van der Waals surface area (Å²) >= 11 is 0.